The van der Waals surface area contributed by atoms with E-state index in [-0.39, 0.29) is 34.3 Å². The summed E-state index contributed by atoms with van der Waals surface area (Å²) in [6.07, 6.45) is 4.67. The number of aliphatic hydroxyl groups is 1. The smallest absolute Gasteiger partial charge is 0.314 e. The number of hydrogen-bond donors (Lipinski definition) is 5. The molecule has 10 nitrogen and oxygen atoms in total. The van der Waals surface area contributed by atoms with Crippen molar-refractivity contribution in [1.29, 1.82) is 0 Å². The molecule has 254 valence electrons. The van der Waals surface area contributed by atoms with Gasteiger partial charge in [-0.1, -0.05) is 61.2 Å². The number of carboxylic acid groups (broad SMARTS) is 1. The van der Waals surface area contributed by atoms with Gasteiger partial charge < -0.3 is 35.3 Å². The van der Waals surface area contributed by atoms with E-state index >= 15 is 0 Å². The Labute approximate surface area is 284 Å². The van der Waals surface area contributed by atoms with Crippen molar-refractivity contribution in [3.05, 3.63) is 104 Å². The molecule has 0 aliphatic heterocycles. The van der Waals surface area contributed by atoms with Crippen molar-refractivity contribution in [2.75, 3.05) is 27.2 Å². The summed E-state index contributed by atoms with van der Waals surface area (Å²) in [5.41, 5.74) is 2.56. The maximum atomic E-state index is 13.4. The molecule has 0 bridgehead atoms. The Morgan fingerprint density at radius 1 is 1.08 bits per heavy atom. The van der Waals surface area contributed by atoms with Gasteiger partial charge in [-0.15, -0.1) is 0 Å². The molecule has 1 aliphatic carbocycles. The second-order valence-electron chi connectivity index (χ2n) is 12.6. The number of halogens is 1. The van der Waals surface area contributed by atoms with Crippen LogP contribution < -0.4 is 15.6 Å². The van der Waals surface area contributed by atoms with Crippen molar-refractivity contribution in [3.63, 3.8) is 0 Å². The average molecular weight is 676 g/mol. The van der Waals surface area contributed by atoms with Crippen LogP contribution in [0.2, 0.25) is 5.02 Å². The number of carbonyl (C=O) groups is 2. The minimum atomic E-state index is -0.942. The van der Waals surface area contributed by atoms with Gasteiger partial charge >= 0.3 is 5.97 Å². The number of nitrogens with zero attached hydrogens (tertiary/aromatic N) is 1. The minimum absolute atomic E-state index is 0.0821. The second kappa shape index (κ2) is 15.2. The van der Waals surface area contributed by atoms with Crippen LogP contribution in [-0.4, -0.2) is 64.3 Å². The zero-order valence-electron chi connectivity index (χ0n) is 27.2. The standard InChI is InChI=1S/C37H42ClN3O7/c1-41(17-7-9-23-8-6-10-25(18-23)37(36(46)47)15-4-3-5-16-37)35(45)28-20-32(48-2)24(19-29(28)38)21-39-22-31(43)26-11-13-30(42)34-27(26)12-14-33(44)40-34/h6,8,10-14,18-20,31,39,42-43H,3-5,7,9,15-17,21-22H2,1-2H3,(H,40,44)(H,46,47)/t31-/m0/s1. The van der Waals surface area contributed by atoms with Crippen LogP contribution in [0.1, 0.15) is 77.2 Å². The molecule has 1 aliphatic rings. The van der Waals surface area contributed by atoms with Crippen LogP contribution in [0.15, 0.2) is 65.5 Å². The predicted molar refractivity (Wildman–Crippen MR) is 185 cm³/mol. The maximum absolute atomic E-state index is 13.4. The Morgan fingerprint density at radius 3 is 2.58 bits per heavy atom. The number of aryl methyl sites for hydroxylation is 1. The molecular weight excluding hydrogens is 634 g/mol. The van der Waals surface area contributed by atoms with Crippen molar-refractivity contribution >= 4 is 34.4 Å². The van der Waals surface area contributed by atoms with Gasteiger partial charge in [0.25, 0.3) is 5.91 Å². The number of phenols is 1. The van der Waals surface area contributed by atoms with E-state index in [2.05, 4.69) is 10.3 Å². The summed E-state index contributed by atoms with van der Waals surface area (Å²) in [5.74, 6) is -0.607. The number of ether oxygens (including phenoxy) is 1. The van der Waals surface area contributed by atoms with Gasteiger partial charge in [0, 0.05) is 43.7 Å². The number of aromatic hydroxyl groups is 1. The van der Waals surface area contributed by atoms with E-state index in [1.807, 2.05) is 24.3 Å². The number of fused-ring (bicyclic) bond motifs is 1. The Bertz CT molecular complexity index is 1850. The highest BCUT2D eigenvalue weighted by molar-refractivity contribution is 6.34. The molecular formula is C37H42ClN3O7. The molecule has 11 heteroatoms. The number of nitrogens with one attached hydrogen (secondary N) is 2. The molecule has 5 N–H and O–H groups in total. The lowest BCUT2D eigenvalue weighted by Crippen LogP contribution is -2.37. The molecule has 3 aromatic carbocycles. The molecule has 1 saturated carbocycles. The number of carboxylic acids is 1. The number of phenolic OH excluding ortho intramolecular Hbond substituents is 1. The molecule has 0 spiro atoms. The monoisotopic (exact) mass is 675 g/mol. The highest BCUT2D eigenvalue weighted by Crippen LogP contribution is 2.40. The van der Waals surface area contributed by atoms with E-state index in [1.165, 1.54) is 19.2 Å². The maximum Gasteiger partial charge on any atom is 0.314 e. The van der Waals surface area contributed by atoms with Crippen LogP contribution in [-0.2, 0) is 23.2 Å². The Morgan fingerprint density at radius 2 is 1.85 bits per heavy atom. The number of aliphatic carboxylic acids is 1. The van der Waals surface area contributed by atoms with Crippen LogP contribution in [0.4, 0.5) is 0 Å². The number of amides is 1. The normalized spacial score (nSPS) is 14.8. The molecule has 0 radical (unpaired) electrons. The van der Waals surface area contributed by atoms with E-state index in [1.54, 1.807) is 36.2 Å². The molecule has 0 saturated heterocycles. The Kier molecular flexibility index (Phi) is 11.1. The number of hydrogen-bond acceptors (Lipinski definition) is 7. The highest BCUT2D eigenvalue weighted by Gasteiger charge is 2.41. The van der Waals surface area contributed by atoms with Gasteiger partial charge in [0.05, 0.1) is 34.7 Å². The number of carbonyl (C=O) groups excluding carboxylic acids is 1. The molecule has 48 heavy (non-hydrogen) atoms. The third-order valence-electron chi connectivity index (χ3n) is 9.42. The van der Waals surface area contributed by atoms with Gasteiger partial charge in [-0.05, 0) is 66.6 Å². The van der Waals surface area contributed by atoms with Gasteiger partial charge in [-0.2, -0.15) is 0 Å². The molecule has 1 heterocycles. The summed E-state index contributed by atoms with van der Waals surface area (Å²) in [7, 11) is 3.24. The number of pyridine rings is 1. The van der Waals surface area contributed by atoms with Crippen LogP contribution in [0.3, 0.4) is 0 Å². The quantitative estimate of drug-likeness (QED) is 0.121. The molecule has 1 atom stereocenters. The topological polar surface area (TPSA) is 152 Å². The van der Waals surface area contributed by atoms with E-state index in [4.69, 9.17) is 16.3 Å². The first-order valence-electron chi connectivity index (χ1n) is 16.2. The lowest BCUT2D eigenvalue weighted by atomic mass is 9.69. The van der Waals surface area contributed by atoms with Gasteiger partial charge in [0.2, 0.25) is 5.56 Å². The fourth-order valence-electron chi connectivity index (χ4n) is 6.72. The van der Waals surface area contributed by atoms with Crippen LogP contribution in [0.5, 0.6) is 11.5 Å². The summed E-state index contributed by atoms with van der Waals surface area (Å²) in [5, 5.41) is 35.1. The number of methoxy groups -OCH3 is 1. The number of H-pyrrole nitrogens is 1. The average Bonchev–Trinajstić information content (AvgIpc) is 3.08. The summed E-state index contributed by atoms with van der Waals surface area (Å²) in [6, 6.07) is 17.1. The largest absolute Gasteiger partial charge is 0.506 e. The molecule has 1 fully saturated rings. The zero-order valence-corrected chi connectivity index (χ0v) is 28.0. The van der Waals surface area contributed by atoms with Gasteiger partial charge in [-0.3, -0.25) is 14.4 Å². The summed E-state index contributed by atoms with van der Waals surface area (Å²) in [6.45, 7) is 0.926. The fourth-order valence-corrected chi connectivity index (χ4v) is 6.99. The first-order chi connectivity index (χ1) is 23.0. The third-order valence-corrected chi connectivity index (χ3v) is 9.73. The molecule has 1 aromatic heterocycles. The van der Waals surface area contributed by atoms with Crippen molar-refractivity contribution in [3.8, 4) is 11.5 Å². The lowest BCUT2D eigenvalue weighted by molar-refractivity contribution is -0.145. The van der Waals surface area contributed by atoms with Gasteiger partial charge in [-0.25, -0.2) is 0 Å². The van der Waals surface area contributed by atoms with Crippen LogP contribution >= 0.6 is 11.6 Å². The Hall–Kier alpha value is -4.38. The van der Waals surface area contributed by atoms with Crippen LogP contribution in [0, 0.1) is 0 Å². The molecule has 4 aromatic rings. The third kappa shape index (κ3) is 7.51. The second-order valence-corrected chi connectivity index (χ2v) is 13.0. The highest BCUT2D eigenvalue weighted by atomic mass is 35.5. The number of benzene rings is 3. The SMILES string of the molecule is COc1cc(C(=O)N(C)CCCc2cccc(C3(C(=O)O)CCCCC3)c2)c(Cl)cc1CNC[C@H](O)c1ccc(O)c2[nH]c(=O)ccc12. The van der Waals surface area contributed by atoms with Gasteiger partial charge in [0.15, 0.2) is 0 Å². The van der Waals surface area contributed by atoms with E-state index < -0.39 is 17.5 Å². The first kappa shape index (κ1) is 34.9. The van der Waals surface area contributed by atoms with Gasteiger partial charge in [0.1, 0.15) is 11.5 Å². The van der Waals surface area contributed by atoms with Crippen LogP contribution in [0.25, 0.3) is 10.9 Å². The summed E-state index contributed by atoms with van der Waals surface area (Å²) < 4.78 is 5.59. The fraction of sp³-hybridized carbons (Fsp3) is 0.378. The minimum Gasteiger partial charge on any atom is -0.506 e. The first-order valence-corrected chi connectivity index (χ1v) is 16.6. The zero-order chi connectivity index (χ0) is 34.4. The van der Waals surface area contributed by atoms with Crippen molar-refractivity contribution in [2.45, 2.75) is 63.0 Å². The summed E-state index contributed by atoms with van der Waals surface area (Å²) in [4.78, 5) is 41.6. The van der Waals surface area contributed by atoms with Crippen molar-refractivity contribution in [2.24, 2.45) is 0 Å². The number of rotatable bonds is 13. The molecule has 0 unspecified atom stereocenters. The van der Waals surface area contributed by atoms with Crippen molar-refractivity contribution < 1.29 is 29.6 Å². The van der Waals surface area contributed by atoms with E-state index in [9.17, 15) is 29.7 Å². The molecule has 5 rings (SSSR count). The number of aliphatic hydroxyl groups excluding tert-OH is 1. The van der Waals surface area contributed by atoms with E-state index in [0.29, 0.717) is 66.6 Å². The Balaban J connectivity index is 1.19. The number of aromatic amines is 1. The van der Waals surface area contributed by atoms with E-state index in [0.717, 1.165) is 30.4 Å². The molecule has 1 amide bonds. The van der Waals surface area contributed by atoms with Crippen molar-refractivity contribution in [1.82, 2.24) is 15.2 Å². The predicted octanol–water partition coefficient (Wildman–Crippen LogP) is 5.71. The lowest BCUT2D eigenvalue weighted by Gasteiger charge is -2.34. The summed E-state index contributed by atoms with van der Waals surface area (Å²) >= 11 is 6.61. The number of aromatic nitrogens is 1.